The SMILES string of the molecule is Cc1ccc(N2CC(C(=O)Nc3ccc(-c4ccc(N5CCCCC5)nn4)cc3)CC2=O)cc1C. The first-order chi connectivity index (χ1) is 17.0. The van der Waals surface area contributed by atoms with Gasteiger partial charge in [-0.3, -0.25) is 9.59 Å². The van der Waals surface area contributed by atoms with E-state index in [1.807, 2.05) is 68.4 Å². The topological polar surface area (TPSA) is 78.4 Å². The summed E-state index contributed by atoms with van der Waals surface area (Å²) in [7, 11) is 0. The molecule has 1 N–H and O–H groups in total. The third-order valence-electron chi connectivity index (χ3n) is 7.08. The number of anilines is 3. The average molecular weight is 470 g/mol. The van der Waals surface area contributed by atoms with Crippen LogP contribution < -0.4 is 15.1 Å². The van der Waals surface area contributed by atoms with E-state index in [1.54, 1.807) is 4.90 Å². The third-order valence-corrected chi connectivity index (χ3v) is 7.08. The van der Waals surface area contributed by atoms with Crippen LogP contribution in [0.2, 0.25) is 0 Å². The summed E-state index contributed by atoms with van der Waals surface area (Å²) in [5, 5.41) is 11.8. The van der Waals surface area contributed by atoms with E-state index in [0.717, 1.165) is 41.4 Å². The Kier molecular flexibility index (Phi) is 6.49. The van der Waals surface area contributed by atoms with Gasteiger partial charge in [0.2, 0.25) is 11.8 Å². The molecule has 0 saturated carbocycles. The predicted molar refractivity (Wildman–Crippen MR) is 139 cm³/mol. The van der Waals surface area contributed by atoms with E-state index in [2.05, 4.69) is 20.4 Å². The van der Waals surface area contributed by atoms with E-state index in [9.17, 15) is 9.59 Å². The van der Waals surface area contributed by atoms with Crippen LogP contribution in [-0.2, 0) is 9.59 Å². The first-order valence-corrected chi connectivity index (χ1v) is 12.4. The normalized spacial score (nSPS) is 18.1. The lowest BCUT2D eigenvalue weighted by atomic mass is 10.1. The molecule has 180 valence electrons. The second-order valence-electron chi connectivity index (χ2n) is 9.57. The summed E-state index contributed by atoms with van der Waals surface area (Å²) in [5.74, 6) is 0.397. The Labute approximate surface area is 206 Å². The molecule has 2 aromatic carbocycles. The van der Waals surface area contributed by atoms with Crippen molar-refractivity contribution in [1.29, 1.82) is 0 Å². The highest BCUT2D eigenvalue weighted by Gasteiger charge is 2.35. The van der Waals surface area contributed by atoms with Crippen LogP contribution in [0.5, 0.6) is 0 Å². The number of rotatable bonds is 5. The van der Waals surface area contributed by atoms with Crippen molar-refractivity contribution in [2.45, 2.75) is 39.5 Å². The first kappa shape index (κ1) is 23.0. The Morgan fingerprint density at radius 1 is 0.914 bits per heavy atom. The largest absolute Gasteiger partial charge is 0.355 e. The smallest absolute Gasteiger partial charge is 0.229 e. The predicted octanol–water partition coefficient (Wildman–Crippen LogP) is 4.74. The van der Waals surface area contributed by atoms with Gasteiger partial charge in [-0.2, -0.15) is 0 Å². The zero-order chi connectivity index (χ0) is 24.4. The van der Waals surface area contributed by atoms with Crippen LogP contribution in [-0.4, -0.2) is 41.6 Å². The molecule has 0 aliphatic carbocycles. The van der Waals surface area contributed by atoms with Crippen LogP contribution in [0.1, 0.15) is 36.8 Å². The monoisotopic (exact) mass is 469 g/mol. The maximum atomic E-state index is 12.9. The molecule has 0 radical (unpaired) electrons. The zero-order valence-electron chi connectivity index (χ0n) is 20.3. The highest BCUT2D eigenvalue weighted by atomic mass is 16.2. The van der Waals surface area contributed by atoms with Crippen LogP contribution in [0.25, 0.3) is 11.3 Å². The van der Waals surface area contributed by atoms with Crippen LogP contribution in [0.3, 0.4) is 0 Å². The van der Waals surface area contributed by atoms with Crippen molar-refractivity contribution < 1.29 is 9.59 Å². The fourth-order valence-electron chi connectivity index (χ4n) is 4.77. The molecule has 2 fully saturated rings. The van der Waals surface area contributed by atoms with Gasteiger partial charge in [0.05, 0.1) is 11.6 Å². The molecule has 0 spiro atoms. The van der Waals surface area contributed by atoms with E-state index in [4.69, 9.17) is 0 Å². The van der Waals surface area contributed by atoms with Crippen molar-refractivity contribution in [2.24, 2.45) is 5.92 Å². The summed E-state index contributed by atoms with van der Waals surface area (Å²) in [4.78, 5) is 29.5. The van der Waals surface area contributed by atoms with E-state index in [0.29, 0.717) is 12.2 Å². The fourth-order valence-corrected chi connectivity index (χ4v) is 4.77. The van der Waals surface area contributed by atoms with Crippen molar-refractivity contribution in [1.82, 2.24) is 10.2 Å². The minimum absolute atomic E-state index is 0.0182. The van der Waals surface area contributed by atoms with Gasteiger partial charge in [0, 0.05) is 43.0 Å². The lowest BCUT2D eigenvalue weighted by molar-refractivity contribution is -0.122. The number of carbonyl (C=O) groups excluding carboxylic acids is 2. The van der Waals surface area contributed by atoms with Gasteiger partial charge in [0.25, 0.3) is 0 Å². The zero-order valence-corrected chi connectivity index (χ0v) is 20.3. The Morgan fingerprint density at radius 3 is 2.37 bits per heavy atom. The third kappa shape index (κ3) is 5.04. The van der Waals surface area contributed by atoms with Crippen LogP contribution in [0, 0.1) is 19.8 Å². The molecular formula is C28H31N5O2. The maximum absolute atomic E-state index is 12.9. The molecule has 2 amide bonds. The van der Waals surface area contributed by atoms with Gasteiger partial charge < -0.3 is 15.1 Å². The number of piperidine rings is 1. The molecule has 0 bridgehead atoms. The second kappa shape index (κ2) is 9.86. The van der Waals surface area contributed by atoms with Gasteiger partial charge >= 0.3 is 0 Å². The molecule has 2 saturated heterocycles. The van der Waals surface area contributed by atoms with E-state index in [1.165, 1.54) is 24.8 Å². The van der Waals surface area contributed by atoms with E-state index >= 15 is 0 Å². The number of nitrogens with zero attached hydrogens (tertiary/aromatic N) is 4. The molecule has 5 rings (SSSR count). The van der Waals surface area contributed by atoms with E-state index < -0.39 is 0 Å². The maximum Gasteiger partial charge on any atom is 0.229 e. The summed E-state index contributed by atoms with van der Waals surface area (Å²) in [6.45, 7) is 6.55. The fraction of sp³-hybridized carbons (Fsp3) is 0.357. The molecule has 2 aliphatic rings. The quantitative estimate of drug-likeness (QED) is 0.584. The van der Waals surface area contributed by atoms with E-state index in [-0.39, 0.29) is 24.2 Å². The molecule has 1 aromatic heterocycles. The number of aryl methyl sites for hydroxylation is 2. The average Bonchev–Trinajstić information content (AvgIpc) is 3.28. The first-order valence-electron chi connectivity index (χ1n) is 12.4. The van der Waals surface area contributed by atoms with Gasteiger partial charge in [-0.1, -0.05) is 18.2 Å². The lowest BCUT2D eigenvalue weighted by Crippen LogP contribution is -2.30. The van der Waals surface area contributed by atoms with Gasteiger partial charge in [-0.15, -0.1) is 10.2 Å². The number of hydrogen-bond donors (Lipinski definition) is 1. The van der Waals surface area contributed by atoms with Gasteiger partial charge in [-0.25, -0.2) is 0 Å². The van der Waals surface area contributed by atoms with Crippen LogP contribution in [0.15, 0.2) is 54.6 Å². The molecular weight excluding hydrogens is 438 g/mol. The van der Waals surface area contributed by atoms with Crippen molar-refractivity contribution in [3.63, 3.8) is 0 Å². The second-order valence-corrected chi connectivity index (χ2v) is 9.57. The molecule has 7 heteroatoms. The number of aromatic nitrogens is 2. The Morgan fingerprint density at radius 2 is 1.69 bits per heavy atom. The number of hydrogen-bond acceptors (Lipinski definition) is 5. The highest BCUT2D eigenvalue weighted by molar-refractivity contribution is 6.03. The van der Waals surface area contributed by atoms with Gasteiger partial charge in [0.15, 0.2) is 5.82 Å². The molecule has 1 unspecified atom stereocenters. The number of benzene rings is 2. The van der Waals surface area contributed by atoms with Crippen molar-refractivity contribution in [2.75, 3.05) is 34.8 Å². The van der Waals surface area contributed by atoms with Crippen molar-refractivity contribution in [3.8, 4) is 11.3 Å². The molecule has 1 atom stereocenters. The number of nitrogens with one attached hydrogen (secondary N) is 1. The summed E-state index contributed by atoms with van der Waals surface area (Å²) in [6, 6.07) is 17.6. The Hall–Kier alpha value is -3.74. The molecule has 2 aliphatic heterocycles. The molecule has 3 aromatic rings. The molecule has 35 heavy (non-hydrogen) atoms. The minimum atomic E-state index is -0.378. The van der Waals surface area contributed by atoms with Gasteiger partial charge in [0.1, 0.15) is 0 Å². The lowest BCUT2D eigenvalue weighted by Gasteiger charge is -2.27. The number of carbonyl (C=O) groups is 2. The molecule has 7 nitrogen and oxygen atoms in total. The standard InChI is InChI=1S/C28H31N5O2/c1-19-6-11-24(16-20(19)2)33-18-22(17-27(33)34)28(35)29-23-9-7-21(8-10-23)25-12-13-26(31-30-25)32-14-4-3-5-15-32/h6-13,16,22H,3-5,14-15,17-18H2,1-2H3,(H,29,35). The number of amides is 2. The minimum Gasteiger partial charge on any atom is -0.355 e. The van der Waals surface area contributed by atoms with Crippen molar-refractivity contribution in [3.05, 3.63) is 65.7 Å². The Bertz CT molecular complexity index is 1220. The van der Waals surface area contributed by atoms with Gasteiger partial charge in [-0.05, 0) is 80.6 Å². The van der Waals surface area contributed by atoms with Crippen LogP contribution >= 0.6 is 0 Å². The summed E-state index contributed by atoms with van der Waals surface area (Å²) < 4.78 is 0. The summed E-state index contributed by atoms with van der Waals surface area (Å²) >= 11 is 0. The summed E-state index contributed by atoms with van der Waals surface area (Å²) in [5.41, 5.74) is 5.61. The highest BCUT2D eigenvalue weighted by Crippen LogP contribution is 2.28. The Balaban J connectivity index is 1.20. The molecule has 3 heterocycles. The van der Waals surface area contributed by atoms with Crippen LogP contribution in [0.4, 0.5) is 17.2 Å². The van der Waals surface area contributed by atoms with Crippen molar-refractivity contribution >= 4 is 29.0 Å². The summed E-state index contributed by atoms with van der Waals surface area (Å²) in [6.07, 6.45) is 3.91.